The maximum absolute atomic E-state index is 5.91. The SMILES string of the molecule is c1ccc(Cn2c(CSc3nc4ccccc4s3)nnc2SCC2CCCCO2)cc1. The maximum Gasteiger partial charge on any atom is 0.191 e. The van der Waals surface area contributed by atoms with E-state index in [4.69, 9.17) is 9.72 Å². The molecule has 4 aromatic rings. The molecule has 31 heavy (non-hydrogen) atoms. The summed E-state index contributed by atoms with van der Waals surface area (Å²) in [6.45, 7) is 1.66. The normalized spacial score (nSPS) is 16.7. The summed E-state index contributed by atoms with van der Waals surface area (Å²) in [4.78, 5) is 4.75. The Balaban J connectivity index is 1.33. The average Bonchev–Trinajstić information content (AvgIpc) is 3.41. The van der Waals surface area contributed by atoms with Crippen LogP contribution in [0.5, 0.6) is 0 Å². The van der Waals surface area contributed by atoms with Gasteiger partial charge >= 0.3 is 0 Å². The molecular formula is C23H24N4OS3. The molecule has 0 bridgehead atoms. The minimum Gasteiger partial charge on any atom is -0.377 e. The van der Waals surface area contributed by atoms with Crippen molar-refractivity contribution in [1.82, 2.24) is 19.7 Å². The maximum atomic E-state index is 5.91. The van der Waals surface area contributed by atoms with Crippen molar-refractivity contribution in [3.63, 3.8) is 0 Å². The van der Waals surface area contributed by atoms with Gasteiger partial charge in [-0.2, -0.15) is 0 Å². The molecule has 2 aromatic carbocycles. The van der Waals surface area contributed by atoms with Gasteiger partial charge in [0.2, 0.25) is 0 Å². The lowest BCUT2D eigenvalue weighted by Gasteiger charge is -2.22. The van der Waals surface area contributed by atoms with Crippen LogP contribution in [0.1, 0.15) is 30.7 Å². The predicted octanol–water partition coefficient (Wildman–Crippen LogP) is 5.89. The molecule has 3 heterocycles. The Morgan fingerprint density at radius 2 is 1.87 bits per heavy atom. The molecule has 0 radical (unpaired) electrons. The van der Waals surface area contributed by atoms with Crippen molar-refractivity contribution >= 4 is 45.1 Å². The second-order valence-electron chi connectivity index (χ2n) is 7.51. The van der Waals surface area contributed by atoms with Crippen LogP contribution in [-0.2, 0) is 17.0 Å². The van der Waals surface area contributed by atoms with E-state index in [1.165, 1.54) is 23.1 Å². The first-order valence-corrected chi connectivity index (χ1v) is 13.3. The average molecular weight is 469 g/mol. The van der Waals surface area contributed by atoms with E-state index in [1.807, 2.05) is 6.07 Å². The molecule has 1 saturated heterocycles. The zero-order valence-corrected chi connectivity index (χ0v) is 19.6. The van der Waals surface area contributed by atoms with Crippen LogP contribution in [0.3, 0.4) is 0 Å². The van der Waals surface area contributed by atoms with Crippen LogP contribution in [0.2, 0.25) is 0 Å². The number of thiazole rings is 1. The number of benzene rings is 2. The van der Waals surface area contributed by atoms with Gasteiger partial charge in [0.05, 0.1) is 28.6 Å². The Morgan fingerprint density at radius 3 is 2.71 bits per heavy atom. The molecule has 5 rings (SSSR count). The lowest BCUT2D eigenvalue weighted by molar-refractivity contribution is 0.0315. The third kappa shape index (κ3) is 5.31. The van der Waals surface area contributed by atoms with Crippen LogP contribution in [-0.4, -0.2) is 38.2 Å². The Bertz CT molecular complexity index is 1090. The third-order valence-corrected chi connectivity index (χ3v) is 8.52. The monoisotopic (exact) mass is 468 g/mol. The van der Waals surface area contributed by atoms with Gasteiger partial charge in [-0.1, -0.05) is 66.0 Å². The molecule has 5 nitrogen and oxygen atoms in total. The summed E-state index contributed by atoms with van der Waals surface area (Å²) < 4.78 is 10.5. The topological polar surface area (TPSA) is 52.8 Å². The Morgan fingerprint density at radius 1 is 1.00 bits per heavy atom. The van der Waals surface area contributed by atoms with Crippen LogP contribution < -0.4 is 0 Å². The van der Waals surface area contributed by atoms with Gasteiger partial charge in [-0.25, -0.2) is 4.98 Å². The highest BCUT2D eigenvalue weighted by atomic mass is 32.2. The van der Waals surface area contributed by atoms with Gasteiger partial charge in [-0.15, -0.1) is 21.5 Å². The van der Waals surface area contributed by atoms with E-state index in [-0.39, 0.29) is 0 Å². The predicted molar refractivity (Wildman–Crippen MR) is 129 cm³/mol. The molecule has 1 aliphatic heterocycles. The van der Waals surface area contributed by atoms with Gasteiger partial charge in [0, 0.05) is 12.4 Å². The summed E-state index contributed by atoms with van der Waals surface area (Å²) in [5, 5.41) is 10.1. The van der Waals surface area contributed by atoms with Crippen molar-refractivity contribution in [3.8, 4) is 0 Å². The van der Waals surface area contributed by atoms with Crippen LogP contribution in [0.4, 0.5) is 0 Å². The number of rotatable bonds is 8. The second-order valence-corrected chi connectivity index (χ2v) is 10.7. The molecule has 1 fully saturated rings. The van der Waals surface area contributed by atoms with Crippen molar-refractivity contribution < 1.29 is 4.74 Å². The van der Waals surface area contributed by atoms with Gasteiger partial charge in [0.25, 0.3) is 0 Å². The van der Waals surface area contributed by atoms with E-state index in [1.54, 1.807) is 34.9 Å². The Labute approximate surface area is 194 Å². The van der Waals surface area contributed by atoms with Crippen LogP contribution >= 0.6 is 34.9 Å². The molecule has 0 spiro atoms. The quantitative estimate of drug-likeness (QED) is 0.301. The molecule has 160 valence electrons. The lowest BCUT2D eigenvalue weighted by Crippen LogP contribution is -2.21. The summed E-state index contributed by atoms with van der Waals surface area (Å²) in [5.74, 6) is 2.66. The van der Waals surface area contributed by atoms with Gasteiger partial charge in [0.15, 0.2) is 9.50 Å². The molecule has 1 atom stereocenters. The van der Waals surface area contributed by atoms with Crippen molar-refractivity contribution in [1.29, 1.82) is 0 Å². The molecule has 0 amide bonds. The summed E-state index contributed by atoms with van der Waals surface area (Å²) in [6, 6.07) is 18.8. The lowest BCUT2D eigenvalue weighted by atomic mass is 10.1. The first-order chi connectivity index (χ1) is 15.3. The highest BCUT2D eigenvalue weighted by Gasteiger charge is 2.19. The van der Waals surface area contributed by atoms with Gasteiger partial charge < -0.3 is 9.30 Å². The number of hydrogen-bond donors (Lipinski definition) is 0. The molecule has 0 aliphatic carbocycles. The highest BCUT2D eigenvalue weighted by molar-refractivity contribution is 8.00. The number of hydrogen-bond acceptors (Lipinski definition) is 7. The summed E-state index contributed by atoms with van der Waals surface area (Å²) in [6.07, 6.45) is 3.89. The van der Waals surface area contributed by atoms with E-state index in [0.717, 1.165) is 51.9 Å². The van der Waals surface area contributed by atoms with Crippen molar-refractivity contribution in [2.75, 3.05) is 12.4 Å². The fraction of sp³-hybridized carbons (Fsp3) is 0.348. The van der Waals surface area contributed by atoms with Gasteiger partial charge in [0.1, 0.15) is 5.82 Å². The van der Waals surface area contributed by atoms with Crippen molar-refractivity contribution in [2.45, 2.75) is 47.2 Å². The molecule has 2 aromatic heterocycles. The Kier molecular flexibility index (Phi) is 6.89. The number of nitrogens with zero attached hydrogens (tertiary/aromatic N) is 4. The van der Waals surface area contributed by atoms with Crippen LogP contribution in [0.15, 0.2) is 64.1 Å². The molecular weight excluding hydrogens is 444 g/mol. The summed E-state index contributed by atoms with van der Waals surface area (Å²) in [5.41, 5.74) is 2.31. The van der Waals surface area contributed by atoms with Gasteiger partial charge in [-0.05, 0) is 37.0 Å². The molecule has 0 N–H and O–H groups in total. The fourth-order valence-corrected chi connectivity index (χ4v) is 6.63. The molecule has 1 aliphatic rings. The fourth-order valence-electron chi connectivity index (χ4n) is 3.60. The van der Waals surface area contributed by atoms with Gasteiger partial charge in [-0.3, -0.25) is 0 Å². The van der Waals surface area contributed by atoms with E-state index in [2.05, 4.69) is 63.3 Å². The van der Waals surface area contributed by atoms with E-state index in [9.17, 15) is 0 Å². The largest absolute Gasteiger partial charge is 0.377 e. The molecule has 8 heteroatoms. The van der Waals surface area contributed by atoms with Crippen molar-refractivity contribution in [3.05, 3.63) is 66.0 Å². The number of fused-ring (bicyclic) bond motifs is 1. The zero-order valence-electron chi connectivity index (χ0n) is 17.1. The molecule has 0 saturated carbocycles. The highest BCUT2D eigenvalue weighted by Crippen LogP contribution is 2.32. The minimum absolute atomic E-state index is 0.321. The van der Waals surface area contributed by atoms with Crippen LogP contribution in [0.25, 0.3) is 10.2 Å². The third-order valence-electron chi connectivity index (χ3n) is 5.25. The summed E-state index contributed by atoms with van der Waals surface area (Å²) in [7, 11) is 0. The first kappa shape index (κ1) is 21.0. The minimum atomic E-state index is 0.321. The standard InChI is InChI=1S/C23H24N4OS3/c1-2-8-17(9-3-1)14-27-21(16-30-23-24-19-11-4-5-12-20(19)31-23)25-26-22(27)29-15-18-10-6-7-13-28-18/h1-5,8-9,11-12,18H,6-7,10,13-16H2. The smallest absolute Gasteiger partial charge is 0.191 e. The van der Waals surface area contributed by atoms with E-state index in [0.29, 0.717) is 6.10 Å². The van der Waals surface area contributed by atoms with E-state index >= 15 is 0 Å². The Hall–Kier alpha value is -1.87. The zero-order chi connectivity index (χ0) is 20.9. The molecule has 1 unspecified atom stereocenters. The van der Waals surface area contributed by atoms with E-state index < -0.39 is 0 Å². The number of ether oxygens (including phenoxy) is 1. The van der Waals surface area contributed by atoms with Crippen molar-refractivity contribution in [2.24, 2.45) is 0 Å². The number of para-hydroxylation sites is 1. The first-order valence-electron chi connectivity index (χ1n) is 10.5. The number of thioether (sulfide) groups is 2. The van der Waals surface area contributed by atoms with Crippen LogP contribution in [0, 0.1) is 0 Å². The summed E-state index contributed by atoms with van der Waals surface area (Å²) >= 11 is 5.23. The number of aromatic nitrogens is 4. The second kappa shape index (κ2) is 10.2.